The van der Waals surface area contributed by atoms with Crippen LogP contribution in [-0.2, 0) is 12.5 Å². The van der Waals surface area contributed by atoms with Crippen LogP contribution in [-0.4, -0.2) is 9.55 Å². The van der Waals surface area contributed by atoms with E-state index in [4.69, 9.17) is 5.73 Å². The van der Waals surface area contributed by atoms with Gasteiger partial charge in [0.15, 0.2) is 0 Å². The minimum atomic E-state index is -2.50. The third-order valence-corrected chi connectivity index (χ3v) is 3.22. The van der Waals surface area contributed by atoms with Gasteiger partial charge in [-0.3, -0.25) is 0 Å². The third kappa shape index (κ3) is 2.53. The van der Waals surface area contributed by atoms with Gasteiger partial charge >= 0.3 is 0 Å². The predicted octanol–water partition coefficient (Wildman–Crippen LogP) is 3.90. The van der Waals surface area contributed by atoms with Gasteiger partial charge in [0.25, 0.3) is 6.43 Å². The van der Waals surface area contributed by atoms with Crippen LogP contribution in [0.25, 0.3) is 11.3 Å². The number of anilines is 1. The van der Waals surface area contributed by atoms with E-state index in [1.807, 2.05) is 32.4 Å². The van der Waals surface area contributed by atoms with Gasteiger partial charge in [0.05, 0.1) is 0 Å². The second-order valence-corrected chi connectivity index (χ2v) is 5.90. The van der Waals surface area contributed by atoms with Crippen molar-refractivity contribution in [3.8, 4) is 11.3 Å². The first-order valence-electron chi connectivity index (χ1n) is 6.43. The lowest BCUT2D eigenvalue weighted by molar-refractivity contribution is 0.151. The number of nitrogen functional groups attached to an aromatic ring is 1. The topological polar surface area (TPSA) is 43.8 Å². The lowest BCUT2D eigenvalue weighted by Gasteiger charge is -2.17. The van der Waals surface area contributed by atoms with Crippen molar-refractivity contribution in [3.05, 3.63) is 35.7 Å². The maximum Gasteiger partial charge on any atom is 0.263 e. The van der Waals surface area contributed by atoms with Gasteiger partial charge in [-0.2, -0.15) is 0 Å². The van der Waals surface area contributed by atoms with Crippen molar-refractivity contribution < 1.29 is 8.78 Å². The van der Waals surface area contributed by atoms with Gasteiger partial charge in [0.2, 0.25) is 0 Å². The van der Waals surface area contributed by atoms with E-state index in [2.05, 4.69) is 4.98 Å². The number of nitrogens with two attached hydrogens (primary N) is 1. The molecule has 0 radical (unpaired) electrons. The second kappa shape index (κ2) is 4.89. The Kier molecular flexibility index (Phi) is 3.54. The highest BCUT2D eigenvalue weighted by molar-refractivity contribution is 5.71. The molecule has 0 amide bonds. The number of rotatable bonds is 2. The minimum absolute atomic E-state index is 0.0233. The minimum Gasteiger partial charge on any atom is -0.383 e. The number of nitrogens with zero attached hydrogens (tertiary/aromatic N) is 2. The summed E-state index contributed by atoms with van der Waals surface area (Å²) in [6.45, 7) is 6.11. The first-order valence-corrected chi connectivity index (χ1v) is 6.43. The maximum absolute atomic E-state index is 12.8. The Hall–Kier alpha value is -1.91. The van der Waals surface area contributed by atoms with Crippen LogP contribution in [0.1, 0.15) is 38.6 Å². The fourth-order valence-electron chi connectivity index (χ4n) is 2.22. The summed E-state index contributed by atoms with van der Waals surface area (Å²) in [5, 5.41) is 0. The molecule has 0 saturated carbocycles. The molecule has 2 rings (SSSR count). The molecule has 2 aromatic rings. The highest BCUT2D eigenvalue weighted by Gasteiger charge is 2.24. The lowest BCUT2D eigenvalue weighted by atomic mass is 9.96. The number of hydrogen-bond acceptors (Lipinski definition) is 2. The number of imidazole rings is 1. The van der Waals surface area contributed by atoms with Crippen molar-refractivity contribution in [3.63, 3.8) is 0 Å². The van der Waals surface area contributed by atoms with Crippen LogP contribution in [0.3, 0.4) is 0 Å². The van der Waals surface area contributed by atoms with Gasteiger partial charge < -0.3 is 10.3 Å². The Balaban J connectivity index is 2.57. The van der Waals surface area contributed by atoms with Crippen molar-refractivity contribution in [2.75, 3.05) is 5.73 Å². The van der Waals surface area contributed by atoms with Crippen LogP contribution in [0, 0.1) is 0 Å². The van der Waals surface area contributed by atoms with Crippen LogP contribution in [0.4, 0.5) is 14.6 Å². The van der Waals surface area contributed by atoms with Crippen molar-refractivity contribution in [1.82, 2.24) is 9.55 Å². The molecule has 0 aliphatic rings. The fraction of sp³-hybridized carbons (Fsp3) is 0.400. The summed E-state index contributed by atoms with van der Waals surface area (Å²) >= 11 is 0. The normalized spacial score (nSPS) is 12.2. The van der Waals surface area contributed by atoms with E-state index < -0.39 is 6.43 Å². The number of hydrogen-bond donors (Lipinski definition) is 1. The number of benzene rings is 1. The third-order valence-electron chi connectivity index (χ3n) is 3.22. The van der Waals surface area contributed by atoms with Gasteiger partial charge in [-0.15, -0.1) is 0 Å². The van der Waals surface area contributed by atoms with Crippen LogP contribution < -0.4 is 5.73 Å². The van der Waals surface area contributed by atoms with Crippen molar-refractivity contribution >= 4 is 5.82 Å². The van der Waals surface area contributed by atoms with Gasteiger partial charge in [-0.05, 0) is 6.07 Å². The summed E-state index contributed by atoms with van der Waals surface area (Å²) in [6, 6.07) is 6.19. The van der Waals surface area contributed by atoms with E-state index >= 15 is 0 Å². The van der Waals surface area contributed by atoms with E-state index in [0.29, 0.717) is 17.1 Å². The van der Waals surface area contributed by atoms with E-state index in [-0.39, 0.29) is 11.0 Å². The summed E-state index contributed by atoms with van der Waals surface area (Å²) in [6.07, 6.45) is -2.50. The van der Waals surface area contributed by atoms with E-state index in [1.165, 1.54) is 12.1 Å². The Morgan fingerprint density at radius 3 is 2.40 bits per heavy atom. The Labute approximate surface area is 117 Å². The fourth-order valence-corrected chi connectivity index (χ4v) is 2.22. The largest absolute Gasteiger partial charge is 0.383 e. The quantitative estimate of drug-likeness (QED) is 0.906. The monoisotopic (exact) mass is 279 g/mol. The molecule has 0 unspecified atom stereocenters. The first-order chi connectivity index (χ1) is 9.21. The van der Waals surface area contributed by atoms with Gasteiger partial charge in [0.1, 0.15) is 17.3 Å². The Morgan fingerprint density at radius 1 is 1.25 bits per heavy atom. The molecule has 0 aliphatic heterocycles. The van der Waals surface area contributed by atoms with E-state index in [9.17, 15) is 8.78 Å². The second-order valence-electron chi connectivity index (χ2n) is 5.90. The van der Waals surface area contributed by atoms with Crippen molar-refractivity contribution in [1.29, 1.82) is 0 Å². The summed E-state index contributed by atoms with van der Waals surface area (Å²) in [4.78, 5) is 4.54. The molecule has 0 atom stereocenters. The Bertz CT molecular complexity index is 625. The highest BCUT2D eigenvalue weighted by atomic mass is 19.3. The van der Waals surface area contributed by atoms with E-state index in [1.54, 1.807) is 12.1 Å². The maximum atomic E-state index is 12.8. The highest BCUT2D eigenvalue weighted by Crippen LogP contribution is 2.32. The standard InChI is InChI=1S/C15H19F2N3/c1-15(2,3)14-19-11(13(18)20(14)4)9-6-5-7-10(8-9)12(16)17/h5-8,12H,18H2,1-4H3. The predicted molar refractivity (Wildman–Crippen MR) is 76.7 cm³/mol. The molecule has 1 aromatic heterocycles. The molecule has 0 bridgehead atoms. The molecule has 3 nitrogen and oxygen atoms in total. The van der Waals surface area contributed by atoms with Gasteiger partial charge in [0, 0.05) is 23.6 Å². The zero-order chi connectivity index (χ0) is 15.1. The summed E-state index contributed by atoms with van der Waals surface area (Å²) in [7, 11) is 1.84. The number of alkyl halides is 2. The molecular weight excluding hydrogens is 260 g/mol. The molecule has 0 saturated heterocycles. The van der Waals surface area contributed by atoms with Gasteiger partial charge in [-0.1, -0.05) is 39.0 Å². The van der Waals surface area contributed by atoms with E-state index in [0.717, 1.165) is 5.82 Å². The molecular formula is C15H19F2N3. The summed E-state index contributed by atoms with van der Waals surface area (Å²) < 4.78 is 27.4. The average Bonchev–Trinajstić information content (AvgIpc) is 2.66. The zero-order valence-corrected chi connectivity index (χ0v) is 12.1. The molecule has 1 heterocycles. The number of halogens is 2. The SMILES string of the molecule is Cn1c(C(C)(C)C)nc(-c2cccc(C(F)F)c2)c1N. The van der Waals surface area contributed by atoms with Crippen molar-refractivity contribution in [2.24, 2.45) is 7.05 Å². The molecule has 20 heavy (non-hydrogen) atoms. The Morgan fingerprint density at radius 2 is 1.90 bits per heavy atom. The molecule has 0 spiro atoms. The lowest BCUT2D eigenvalue weighted by Crippen LogP contribution is -2.17. The van der Waals surface area contributed by atoms with Crippen LogP contribution in [0.2, 0.25) is 0 Å². The molecule has 0 aliphatic carbocycles. The van der Waals surface area contributed by atoms with Crippen LogP contribution >= 0.6 is 0 Å². The summed E-state index contributed by atoms with van der Waals surface area (Å²) in [5.74, 6) is 1.31. The zero-order valence-electron chi connectivity index (χ0n) is 12.1. The van der Waals surface area contributed by atoms with Crippen molar-refractivity contribution in [2.45, 2.75) is 32.6 Å². The summed E-state index contributed by atoms with van der Waals surface area (Å²) in [5.41, 5.74) is 7.06. The first kappa shape index (κ1) is 14.5. The molecule has 0 fully saturated rings. The molecule has 1 aromatic carbocycles. The molecule has 5 heteroatoms. The smallest absolute Gasteiger partial charge is 0.263 e. The number of aromatic nitrogens is 2. The van der Waals surface area contributed by atoms with Gasteiger partial charge in [-0.25, -0.2) is 13.8 Å². The average molecular weight is 279 g/mol. The van der Waals surface area contributed by atoms with Crippen LogP contribution in [0.15, 0.2) is 24.3 Å². The molecule has 2 N–H and O–H groups in total. The molecule has 108 valence electrons. The van der Waals surface area contributed by atoms with Crippen LogP contribution in [0.5, 0.6) is 0 Å².